The summed E-state index contributed by atoms with van der Waals surface area (Å²) < 4.78 is 0. The summed E-state index contributed by atoms with van der Waals surface area (Å²) in [5.41, 5.74) is 0.217. The van der Waals surface area contributed by atoms with Gasteiger partial charge in [0, 0.05) is 38.3 Å². The molecule has 4 nitrogen and oxygen atoms in total. The lowest BCUT2D eigenvalue weighted by atomic mass is 9.99. The number of nitrogens with one attached hydrogen (secondary N) is 1. The number of piperazine rings is 1. The van der Waals surface area contributed by atoms with E-state index in [1.807, 2.05) is 0 Å². The minimum atomic E-state index is -0.249. The van der Waals surface area contributed by atoms with Gasteiger partial charge in [-0.25, -0.2) is 0 Å². The largest absolute Gasteiger partial charge is 0.390 e. The molecular formula is C13H29N3O. The lowest BCUT2D eigenvalue weighted by molar-refractivity contribution is 0.0149. The van der Waals surface area contributed by atoms with Crippen LogP contribution in [0.1, 0.15) is 27.2 Å². The Morgan fingerprint density at radius 1 is 1.35 bits per heavy atom. The zero-order chi connectivity index (χ0) is 12.9. The van der Waals surface area contributed by atoms with Gasteiger partial charge in [-0.05, 0) is 33.9 Å². The quantitative estimate of drug-likeness (QED) is 0.661. The van der Waals surface area contributed by atoms with Crippen LogP contribution in [0.3, 0.4) is 0 Å². The van der Waals surface area contributed by atoms with Gasteiger partial charge in [-0.3, -0.25) is 9.80 Å². The molecule has 1 aliphatic heterocycles. The fraction of sp³-hybridized carbons (Fsp3) is 1.00. The maximum atomic E-state index is 9.95. The molecule has 0 saturated carbocycles. The molecule has 0 bridgehead atoms. The summed E-state index contributed by atoms with van der Waals surface area (Å²) in [6.07, 6.45) is 0.870. The van der Waals surface area contributed by atoms with Gasteiger partial charge in [0.15, 0.2) is 0 Å². The van der Waals surface area contributed by atoms with Crippen molar-refractivity contribution in [1.29, 1.82) is 0 Å². The molecule has 0 amide bonds. The molecule has 1 aliphatic rings. The predicted octanol–water partition coefficient (Wildman–Crippen LogP) is 0.373. The Labute approximate surface area is 106 Å². The minimum Gasteiger partial charge on any atom is -0.390 e. The molecule has 1 saturated heterocycles. The van der Waals surface area contributed by atoms with Gasteiger partial charge in [0.25, 0.3) is 0 Å². The minimum absolute atomic E-state index is 0.217. The van der Waals surface area contributed by atoms with Crippen LogP contribution in [0.5, 0.6) is 0 Å². The van der Waals surface area contributed by atoms with Crippen molar-refractivity contribution in [2.24, 2.45) is 0 Å². The Kier molecular flexibility index (Phi) is 5.86. The van der Waals surface area contributed by atoms with Crippen LogP contribution >= 0.6 is 0 Å². The van der Waals surface area contributed by atoms with Gasteiger partial charge in [-0.15, -0.1) is 0 Å². The van der Waals surface area contributed by atoms with Crippen molar-refractivity contribution in [1.82, 2.24) is 15.1 Å². The van der Waals surface area contributed by atoms with E-state index in [-0.39, 0.29) is 11.6 Å². The average Bonchev–Trinajstić information content (AvgIpc) is 2.23. The second kappa shape index (κ2) is 6.69. The maximum Gasteiger partial charge on any atom is 0.0791 e. The van der Waals surface area contributed by atoms with E-state index in [1.54, 1.807) is 0 Å². The van der Waals surface area contributed by atoms with Crippen molar-refractivity contribution in [3.8, 4) is 0 Å². The Hall–Kier alpha value is -0.160. The molecule has 1 fully saturated rings. The molecule has 0 aromatic heterocycles. The highest BCUT2D eigenvalue weighted by Gasteiger charge is 2.31. The van der Waals surface area contributed by atoms with Gasteiger partial charge < -0.3 is 10.4 Å². The van der Waals surface area contributed by atoms with Gasteiger partial charge in [0.2, 0.25) is 0 Å². The topological polar surface area (TPSA) is 38.7 Å². The van der Waals surface area contributed by atoms with Crippen LogP contribution in [0.4, 0.5) is 0 Å². The highest BCUT2D eigenvalue weighted by atomic mass is 16.3. The fourth-order valence-electron chi connectivity index (χ4n) is 2.30. The summed E-state index contributed by atoms with van der Waals surface area (Å²) in [5, 5.41) is 13.2. The maximum absolute atomic E-state index is 9.95. The normalized spacial score (nSPS) is 23.8. The Morgan fingerprint density at radius 3 is 2.65 bits per heavy atom. The third-order valence-corrected chi connectivity index (χ3v) is 3.67. The first-order valence-corrected chi connectivity index (χ1v) is 6.78. The number of aliphatic hydroxyl groups excluding tert-OH is 1. The number of hydrogen-bond acceptors (Lipinski definition) is 4. The van der Waals surface area contributed by atoms with E-state index < -0.39 is 0 Å². The second-order valence-electron chi connectivity index (χ2n) is 5.83. The van der Waals surface area contributed by atoms with E-state index in [0.717, 1.165) is 39.1 Å². The zero-order valence-electron chi connectivity index (χ0n) is 11.9. The van der Waals surface area contributed by atoms with Crippen LogP contribution in [-0.4, -0.2) is 72.9 Å². The lowest BCUT2D eigenvalue weighted by Gasteiger charge is -2.45. The Bertz CT molecular complexity index is 221. The van der Waals surface area contributed by atoms with Gasteiger partial charge in [0.1, 0.15) is 0 Å². The summed E-state index contributed by atoms with van der Waals surface area (Å²) in [5.74, 6) is 0. The van der Waals surface area contributed by atoms with E-state index in [4.69, 9.17) is 0 Å². The van der Waals surface area contributed by atoms with E-state index in [1.165, 1.54) is 0 Å². The summed E-state index contributed by atoms with van der Waals surface area (Å²) in [6.45, 7) is 12.3. The number of nitrogens with zero attached hydrogens (tertiary/aromatic N) is 2. The first kappa shape index (κ1) is 14.9. The van der Waals surface area contributed by atoms with E-state index in [9.17, 15) is 5.11 Å². The van der Waals surface area contributed by atoms with E-state index >= 15 is 0 Å². The fourth-order valence-corrected chi connectivity index (χ4v) is 2.30. The van der Waals surface area contributed by atoms with Gasteiger partial charge in [-0.2, -0.15) is 0 Å². The van der Waals surface area contributed by atoms with Crippen molar-refractivity contribution in [3.05, 3.63) is 0 Å². The zero-order valence-corrected chi connectivity index (χ0v) is 11.9. The van der Waals surface area contributed by atoms with Crippen LogP contribution in [0.25, 0.3) is 0 Å². The molecule has 102 valence electrons. The van der Waals surface area contributed by atoms with Crippen molar-refractivity contribution in [2.75, 3.05) is 46.3 Å². The highest BCUT2D eigenvalue weighted by molar-refractivity contribution is 4.88. The van der Waals surface area contributed by atoms with Crippen LogP contribution in [-0.2, 0) is 0 Å². The molecule has 1 rings (SSSR count). The number of rotatable bonds is 6. The van der Waals surface area contributed by atoms with Crippen LogP contribution in [0.2, 0.25) is 0 Å². The van der Waals surface area contributed by atoms with Gasteiger partial charge >= 0.3 is 0 Å². The predicted molar refractivity (Wildman–Crippen MR) is 72.3 cm³/mol. The van der Waals surface area contributed by atoms with E-state index in [2.05, 4.69) is 42.9 Å². The molecule has 0 spiro atoms. The smallest absolute Gasteiger partial charge is 0.0791 e. The molecule has 1 unspecified atom stereocenters. The molecule has 2 N–H and O–H groups in total. The molecule has 0 aromatic carbocycles. The SMILES string of the molecule is CCCNCC(O)CN1CCN(C)C(C)(C)C1. The molecule has 0 radical (unpaired) electrons. The third-order valence-electron chi connectivity index (χ3n) is 3.67. The van der Waals surface area contributed by atoms with Crippen molar-refractivity contribution in [3.63, 3.8) is 0 Å². The average molecular weight is 243 g/mol. The summed E-state index contributed by atoms with van der Waals surface area (Å²) in [7, 11) is 2.18. The molecule has 1 heterocycles. The van der Waals surface area contributed by atoms with E-state index in [0.29, 0.717) is 6.54 Å². The number of likely N-dealkylation sites (N-methyl/N-ethyl adjacent to an activating group) is 1. The summed E-state index contributed by atoms with van der Waals surface area (Å²) in [6, 6.07) is 0. The lowest BCUT2D eigenvalue weighted by Crippen LogP contribution is -2.59. The summed E-state index contributed by atoms with van der Waals surface area (Å²) >= 11 is 0. The number of hydrogen-bond donors (Lipinski definition) is 2. The summed E-state index contributed by atoms with van der Waals surface area (Å²) in [4.78, 5) is 4.77. The highest BCUT2D eigenvalue weighted by Crippen LogP contribution is 2.18. The van der Waals surface area contributed by atoms with Crippen LogP contribution in [0, 0.1) is 0 Å². The second-order valence-corrected chi connectivity index (χ2v) is 5.83. The van der Waals surface area contributed by atoms with Gasteiger partial charge in [0.05, 0.1) is 6.10 Å². The van der Waals surface area contributed by atoms with Crippen LogP contribution < -0.4 is 5.32 Å². The molecule has 0 aromatic rings. The number of β-amino-alcohol motifs (C(OH)–C–C–N with tert-alkyl or cyclic N) is 1. The standard InChI is InChI=1S/C13H29N3O/c1-5-6-14-9-12(17)10-16-8-7-15(4)13(2,3)11-16/h12,14,17H,5-11H2,1-4H3. The van der Waals surface area contributed by atoms with Crippen LogP contribution in [0.15, 0.2) is 0 Å². The van der Waals surface area contributed by atoms with Crippen molar-refractivity contribution >= 4 is 0 Å². The third kappa shape index (κ3) is 4.92. The van der Waals surface area contributed by atoms with Crippen molar-refractivity contribution in [2.45, 2.75) is 38.8 Å². The molecule has 1 atom stereocenters. The number of aliphatic hydroxyl groups is 1. The van der Waals surface area contributed by atoms with Gasteiger partial charge in [-0.1, -0.05) is 6.92 Å². The Morgan fingerprint density at radius 2 is 2.06 bits per heavy atom. The first-order valence-electron chi connectivity index (χ1n) is 6.78. The van der Waals surface area contributed by atoms with Crippen molar-refractivity contribution < 1.29 is 5.11 Å². The molecule has 4 heteroatoms. The molecule has 0 aliphatic carbocycles. The first-order chi connectivity index (χ1) is 7.95. The molecule has 17 heavy (non-hydrogen) atoms. The molecular weight excluding hydrogens is 214 g/mol. The Balaban J connectivity index is 2.27. The monoisotopic (exact) mass is 243 g/mol.